The third-order valence-electron chi connectivity index (χ3n) is 3.14. The standard InChI is InChI=1S/C14H9N3/c1-2-4-11-10(3-1)13-12(17-11)6-5-9-7-15-8-16-14(9)13/h1-8,17H. The predicted octanol–water partition coefficient (Wildman–Crippen LogP) is 3.26. The molecule has 2 aromatic carbocycles. The van der Waals surface area contributed by atoms with E-state index in [4.69, 9.17) is 0 Å². The van der Waals surface area contributed by atoms with Crippen molar-refractivity contribution in [1.82, 2.24) is 15.0 Å². The summed E-state index contributed by atoms with van der Waals surface area (Å²) >= 11 is 0. The van der Waals surface area contributed by atoms with Crippen LogP contribution in [0.3, 0.4) is 0 Å². The van der Waals surface area contributed by atoms with E-state index >= 15 is 0 Å². The zero-order chi connectivity index (χ0) is 11.2. The first kappa shape index (κ1) is 8.70. The van der Waals surface area contributed by atoms with Crippen LogP contribution in [0.25, 0.3) is 32.7 Å². The van der Waals surface area contributed by atoms with Crippen LogP contribution in [0, 0.1) is 0 Å². The molecule has 0 aliphatic rings. The zero-order valence-corrected chi connectivity index (χ0v) is 9.01. The molecule has 0 saturated heterocycles. The van der Waals surface area contributed by atoms with Gasteiger partial charge in [-0.05, 0) is 18.2 Å². The molecule has 0 radical (unpaired) electrons. The van der Waals surface area contributed by atoms with Crippen molar-refractivity contribution < 1.29 is 0 Å². The molecule has 0 bridgehead atoms. The third-order valence-corrected chi connectivity index (χ3v) is 3.14. The fraction of sp³-hybridized carbons (Fsp3) is 0. The van der Waals surface area contributed by atoms with E-state index in [0.717, 1.165) is 21.9 Å². The lowest BCUT2D eigenvalue weighted by molar-refractivity contribution is 1.23. The molecule has 0 aliphatic heterocycles. The summed E-state index contributed by atoms with van der Waals surface area (Å²) in [7, 11) is 0. The number of rotatable bonds is 0. The molecule has 0 atom stereocenters. The normalized spacial score (nSPS) is 11.5. The van der Waals surface area contributed by atoms with Gasteiger partial charge in [0.25, 0.3) is 0 Å². The van der Waals surface area contributed by atoms with E-state index in [9.17, 15) is 0 Å². The molecular weight excluding hydrogens is 210 g/mol. The Morgan fingerprint density at radius 3 is 2.88 bits per heavy atom. The van der Waals surface area contributed by atoms with Gasteiger partial charge in [-0.1, -0.05) is 18.2 Å². The van der Waals surface area contributed by atoms with Gasteiger partial charge in [0.15, 0.2) is 0 Å². The number of nitrogens with one attached hydrogen (secondary N) is 1. The summed E-state index contributed by atoms with van der Waals surface area (Å²) in [6, 6.07) is 12.4. The van der Waals surface area contributed by atoms with Crippen LogP contribution < -0.4 is 0 Å². The van der Waals surface area contributed by atoms with Crippen molar-refractivity contribution >= 4 is 32.7 Å². The number of hydrogen-bond acceptors (Lipinski definition) is 2. The number of benzene rings is 2. The van der Waals surface area contributed by atoms with Crippen LogP contribution in [0.5, 0.6) is 0 Å². The molecule has 0 unspecified atom stereocenters. The van der Waals surface area contributed by atoms with Crippen LogP contribution in [-0.2, 0) is 0 Å². The van der Waals surface area contributed by atoms with Crippen molar-refractivity contribution in [3.8, 4) is 0 Å². The predicted molar refractivity (Wildman–Crippen MR) is 68.9 cm³/mol. The van der Waals surface area contributed by atoms with E-state index in [1.54, 1.807) is 6.33 Å². The first-order valence-corrected chi connectivity index (χ1v) is 5.52. The maximum atomic E-state index is 4.40. The molecule has 1 N–H and O–H groups in total. The minimum Gasteiger partial charge on any atom is -0.354 e. The second kappa shape index (κ2) is 3.04. The van der Waals surface area contributed by atoms with Gasteiger partial charge in [-0.15, -0.1) is 0 Å². The fourth-order valence-electron chi connectivity index (χ4n) is 2.39. The largest absolute Gasteiger partial charge is 0.354 e. The summed E-state index contributed by atoms with van der Waals surface area (Å²) in [5.74, 6) is 0. The minimum absolute atomic E-state index is 1.01. The molecule has 0 amide bonds. The molecule has 3 heteroatoms. The van der Waals surface area contributed by atoms with E-state index in [-0.39, 0.29) is 0 Å². The van der Waals surface area contributed by atoms with Gasteiger partial charge in [0.2, 0.25) is 0 Å². The highest BCUT2D eigenvalue weighted by atomic mass is 14.8. The molecule has 4 aromatic rings. The van der Waals surface area contributed by atoms with Gasteiger partial charge in [-0.25, -0.2) is 9.97 Å². The first-order chi connectivity index (χ1) is 8.43. The van der Waals surface area contributed by atoms with E-state index in [1.165, 1.54) is 10.8 Å². The Kier molecular flexibility index (Phi) is 1.56. The molecule has 4 rings (SSSR count). The quantitative estimate of drug-likeness (QED) is 0.493. The smallest absolute Gasteiger partial charge is 0.116 e. The third kappa shape index (κ3) is 1.11. The Balaban J connectivity index is 2.38. The number of nitrogens with zero attached hydrogens (tertiary/aromatic N) is 2. The number of hydrogen-bond donors (Lipinski definition) is 1. The van der Waals surface area contributed by atoms with Crippen molar-refractivity contribution in [3.05, 3.63) is 48.9 Å². The molecule has 2 heterocycles. The van der Waals surface area contributed by atoms with Crippen molar-refractivity contribution in [3.63, 3.8) is 0 Å². The van der Waals surface area contributed by atoms with E-state index in [1.807, 2.05) is 18.3 Å². The molecule has 80 valence electrons. The van der Waals surface area contributed by atoms with Gasteiger partial charge < -0.3 is 4.98 Å². The molecule has 0 fully saturated rings. The molecule has 0 saturated carbocycles. The van der Waals surface area contributed by atoms with Crippen molar-refractivity contribution in [2.24, 2.45) is 0 Å². The first-order valence-electron chi connectivity index (χ1n) is 5.52. The number of para-hydroxylation sites is 1. The van der Waals surface area contributed by atoms with E-state index in [0.29, 0.717) is 0 Å². The molecular formula is C14H9N3. The van der Waals surface area contributed by atoms with E-state index < -0.39 is 0 Å². The van der Waals surface area contributed by atoms with Crippen molar-refractivity contribution in [2.75, 3.05) is 0 Å². The van der Waals surface area contributed by atoms with Crippen molar-refractivity contribution in [1.29, 1.82) is 0 Å². The Hall–Kier alpha value is -2.42. The van der Waals surface area contributed by atoms with Gasteiger partial charge in [-0.2, -0.15) is 0 Å². The maximum absolute atomic E-state index is 4.40. The topological polar surface area (TPSA) is 41.6 Å². The molecule has 2 aromatic heterocycles. The van der Waals surface area contributed by atoms with Gasteiger partial charge in [-0.3, -0.25) is 0 Å². The second-order valence-electron chi connectivity index (χ2n) is 4.12. The summed E-state index contributed by atoms with van der Waals surface area (Å²) in [5, 5.41) is 3.47. The average Bonchev–Trinajstić information content (AvgIpc) is 2.77. The van der Waals surface area contributed by atoms with Gasteiger partial charge in [0.1, 0.15) is 6.33 Å². The number of aromatic nitrogens is 3. The molecule has 0 aliphatic carbocycles. The highest BCUT2D eigenvalue weighted by Crippen LogP contribution is 2.30. The number of H-pyrrole nitrogens is 1. The van der Waals surface area contributed by atoms with Gasteiger partial charge in [0, 0.05) is 33.4 Å². The Bertz CT molecular complexity index is 840. The highest BCUT2D eigenvalue weighted by Gasteiger charge is 2.07. The van der Waals surface area contributed by atoms with E-state index in [2.05, 4.69) is 39.2 Å². The molecule has 0 spiro atoms. The SMILES string of the molecule is c1ccc2c(c1)[nH]c1ccc3cncnc3c12. The lowest BCUT2D eigenvalue weighted by atomic mass is 10.1. The summed E-state index contributed by atoms with van der Waals surface area (Å²) in [5.41, 5.74) is 3.28. The average molecular weight is 219 g/mol. The molecule has 17 heavy (non-hydrogen) atoms. The van der Waals surface area contributed by atoms with Crippen LogP contribution in [0.4, 0.5) is 0 Å². The molecule has 3 nitrogen and oxygen atoms in total. The highest BCUT2D eigenvalue weighted by molar-refractivity contribution is 6.18. The lowest BCUT2D eigenvalue weighted by Crippen LogP contribution is -1.81. The second-order valence-corrected chi connectivity index (χ2v) is 4.12. The summed E-state index contributed by atoms with van der Waals surface area (Å²) in [4.78, 5) is 11.9. The number of aromatic amines is 1. The summed E-state index contributed by atoms with van der Waals surface area (Å²) < 4.78 is 0. The Labute approximate surface area is 97.1 Å². The van der Waals surface area contributed by atoms with Crippen LogP contribution >= 0.6 is 0 Å². The number of fused-ring (bicyclic) bond motifs is 5. The fourth-order valence-corrected chi connectivity index (χ4v) is 2.39. The maximum Gasteiger partial charge on any atom is 0.116 e. The van der Waals surface area contributed by atoms with Crippen LogP contribution in [0.2, 0.25) is 0 Å². The lowest BCUT2D eigenvalue weighted by Gasteiger charge is -1.97. The monoisotopic (exact) mass is 219 g/mol. The van der Waals surface area contributed by atoms with Crippen LogP contribution in [0.15, 0.2) is 48.9 Å². The van der Waals surface area contributed by atoms with Crippen molar-refractivity contribution in [2.45, 2.75) is 0 Å². The van der Waals surface area contributed by atoms with Crippen LogP contribution in [0.1, 0.15) is 0 Å². The summed E-state index contributed by atoms with van der Waals surface area (Å²) in [6.07, 6.45) is 3.45. The van der Waals surface area contributed by atoms with Gasteiger partial charge >= 0.3 is 0 Å². The Morgan fingerprint density at radius 1 is 0.941 bits per heavy atom. The van der Waals surface area contributed by atoms with Crippen LogP contribution in [-0.4, -0.2) is 15.0 Å². The summed E-state index contributed by atoms with van der Waals surface area (Å²) in [6.45, 7) is 0. The minimum atomic E-state index is 1.01. The zero-order valence-electron chi connectivity index (χ0n) is 9.01. The van der Waals surface area contributed by atoms with Gasteiger partial charge in [0.05, 0.1) is 5.52 Å². The Morgan fingerprint density at radius 2 is 1.88 bits per heavy atom.